The first-order valence-electron chi connectivity index (χ1n) is 10.1. The predicted molar refractivity (Wildman–Crippen MR) is 123 cm³/mol. The standard InChI is InChI=1S/C23H27N5O2S/c1-15(2)20(25-22(30)17-10-6-5-7-11-17)21-26-27-23(28(21)4)31-14-19(29)24-18-12-8-9-16(3)13-18/h5-13,15,20H,14H2,1-4H3,(H,24,29)(H,25,30)/t20-/m0/s1. The van der Waals surface area contributed by atoms with E-state index in [2.05, 4.69) is 20.8 Å². The lowest BCUT2D eigenvalue weighted by Crippen LogP contribution is -2.33. The highest BCUT2D eigenvalue weighted by Gasteiger charge is 2.25. The van der Waals surface area contributed by atoms with E-state index in [1.807, 2.05) is 74.9 Å². The Morgan fingerprint density at radius 1 is 1.06 bits per heavy atom. The molecule has 2 amide bonds. The minimum atomic E-state index is -0.305. The molecule has 162 valence electrons. The SMILES string of the molecule is Cc1cccc(NC(=O)CSc2nnc([C@@H](NC(=O)c3ccccc3)C(C)C)n2C)c1. The Labute approximate surface area is 186 Å². The van der Waals surface area contributed by atoms with Gasteiger partial charge in [-0.25, -0.2) is 0 Å². The molecule has 0 aliphatic rings. The van der Waals surface area contributed by atoms with Crippen molar-refractivity contribution in [1.82, 2.24) is 20.1 Å². The molecule has 0 saturated heterocycles. The van der Waals surface area contributed by atoms with Crippen LogP contribution in [0.5, 0.6) is 0 Å². The number of rotatable bonds is 8. The van der Waals surface area contributed by atoms with Gasteiger partial charge in [0.05, 0.1) is 11.8 Å². The smallest absolute Gasteiger partial charge is 0.251 e. The molecule has 3 rings (SSSR count). The van der Waals surface area contributed by atoms with Crippen molar-refractivity contribution in [2.75, 3.05) is 11.1 Å². The molecular weight excluding hydrogens is 410 g/mol. The molecule has 1 heterocycles. The van der Waals surface area contributed by atoms with E-state index < -0.39 is 0 Å². The molecule has 0 fully saturated rings. The van der Waals surface area contributed by atoms with Gasteiger partial charge in [-0.2, -0.15) is 0 Å². The minimum absolute atomic E-state index is 0.109. The highest BCUT2D eigenvalue weighted by molar-refractivity contribution is 7.99. The van der Waals surface area contributed by atoms with Crippen molar-refractivity contribution in [3.05, 3.63) is 71.5 Å². The van der Waals surface area contributed by atoms with Crippen LogP contribution in [-0.2, 0) is 11.8 Å². The van der Waals surface area contributed by atoms with Crippen LogP contribution in [-0.4, -0.2) is 32.3 Å². The Morgan fingerprint density at radius 2 is 1.81 bits per heavy atom. The Bertz CT molecular complexity index is 1050. The van der Waals surface area contributed by atoms with Gasteiger partial charge in [-0.1, -0.05) is 55.9 Å². The van der Waals surface area contributed by atoms with Crippen LogP contribution < -0.4 is 10.6 Å². The summed E-state index contributed by atoms with van der Waals surface area (Å²) in [7, 11) is 1.85. The molecule has 3 aromatic rings. The van der Waals surface area contributed by atoms with Crippen molar-refractivity contribution in [2.45, 2.75) is 32.0 Å². The summed E-state index contributed by atoms with van der Waals surface area (Å²) < 4.78 is 1.83. The van der Waals surface area contributed by atoms with Crippen LogP contribution in [0.1, 0.15) is 41.6 Å². The number of nitrogens with one attached hydrogen (secondary N) is 2. The zero-order valence-electron chi connectivity index (χ0n) is 18.1. The Balaban J connectivity index is 1.65. The quantitative estimate of drug-likeness (QED) is 0.521. The van der Waals surface area contributed by atoms with Gasteiger partial charge in [-0.05, 0) is 42.7 Å². The number of thioether (sulfide) groups is 1. The Hall–Kier alpha value is -3.13. The molecule has 31 heavy (non-hydrogen) atoms. The number of aromatic nitrogens is 3. The van der Waals surface area contributed by atoms with Gasteiger partial charge in [-0.3, -0.25) is 9.59 Å². The molecular formula is C23H27N5O2S. The van der Waals surface area contributed by atoms with Gasteiger partial charge in [0, 0.05) is 18.3 Å². The van der Waals surface area contributed by atoms with Crippen molar-refractivity contribution >= 4 is 29.3 Å². The van der Waals surface area contributed by atoms with E-state index in [0.717, 1.165) is 11.3 Å². The van der Waals surface area contributed by atoms with Crippen molar-refractivity contribution < 1.29 is 9.59 Å². The average molecular weight is 438 g/mol. The summed E-state index contributed by atoms with van der Waals surface area (Å²) in [5.41, 5.74) is 2.45. The number of carbonyl (C=O) groups excluding carboxylic acids is 2. The van der Waals surface area contributed by atoms with Crippen molar-refractivity contribution in [3.8, 4) is 0 Å². The third-order valence-corrected chi connectivity index (χ3v) is 5.79. The first-order valence-corrected chi connectivity index (χ1v) is 11.1. The number of carbonyl (C=O) groups is 2. The molecule has 0 radical (unpaired) electrons. The van der Waals surface area contributed by atoms with E-state index in [-0.39, 0.29) is 29.5 Å². The summed E-state index contributed by atoms with van der Waals surface area (Å²) in [5, 5.41) is 15.1. The first kappa shape index (κ1) is 22.6. The molecule has 0 spiro atoms. The fourth-order valence-corrected chi connectivity index (χ4v) is 3.83. The lowest BCUT2D eigenvalue weighted by Gasteiger charge is -2.21. The lowest BCUT2D eigenvalue weighted by molar-refractivity contribution is -0.113. The van der Waals surface area contributed by atoms with Crippen LogP contribution >= 0.6 is 11.8 Å². The normalized spacial score (nSPS) is 11.9. The zero-order valence-corrected chi connectivity index (χ0v) is 18.9. The van der Waals surface area contributed by atoms with Crippen LogP contribution in [0.3, 0.4) is 0 Å². The molecule has 2 N–H and O–H groups in total. The van der Waals surface area contributed by atoms with Gasteiger partial charge < -0.3 is 15.2 Å². The van der Waals surface area contributed by atoms with Crippen molar-refractivity contribution in [1.29, 1.82) is 0 Å². The van der Waals surface area contributed by atoms with Crippen LogP contribution in [0.25, 0.3) is 0 Å². The van der Waals surface area contributed by atoms with Gasteiger partial charge in [0.2, 0.25) is 5.91 Å². The van der Waals surface area contributed by atoms with Gasteiger partial charge in [0.15, 0.2) is 11.0 Å². The molecule has 1 aromatic heterocycles. The van der Waals surface area contributed by atoms with E-state index in [1.165, 1.54) is 11.8 Å². The van der Waals surface area contributed by atoms with E-state index in [9.17, 15) is 9.59 Å². The number of amides is 2. The minimum Gasteiger partial charge on any atom is -0.342 e. The summed E-state index contributed by atoms with van der Waals surface area (Å²) in [6.07, 6.45) is 0. The van der Waals surface area contributed by atoms with Crippen LogP contribution in [0, 0.1) is 12.8 Å². The highest BCUT2D eigenvalue weighted by atomic mass is 32.2. The number of hydrogen-bond donors (Lipinski definition) is 2. The molecule has 0 aliphatic heterocycles. The third-order valence-electron chi connectivity index (χ3n) is 4.77. The number of aryl methyl sites for hydroxylation is 1. The predicted octanol–water partition coefficient (Wildman–Crippen LogP) is 3.98. The molecule has 0 aliphatic carbocycles. The van der Waals surface area contributed by atoms with Crippen LogP contribution in [0.15, 0.2) is 59.8 Å². The van der Waals surface area contributed by atoms with E-state index >= 15 is 0 Å². The van der Waals surface area contributed by atoms with Gasteiger partial charge >= 0.3 is 0 Å². The number of anilines is 1. The number of benzene rings is 2. The lowest BCUT2D eigenvalue weighted by atomic mass is 10.0. The topological polar surface area (TPSA) is 88.9 Å². The second-order valence-corrected chi connectivity index (χ2v) is 8.61. The van der Waals surface area contributed by atoms with Gasteiger partial charge in [-0.15, -0.1) is 10.2 Å². The maximum absolute atomic E-state index is 12.6. The number of hydrogen-bond acceptors (Lipinski definition) is 5. The summed E-state index contributed by atoms with van der Waals surface area (Å²) in [4.78, 5) is 25.0. The zero-order chi connectivity index (χ0) is 22.4. The largest absolute Gasteiger partial charge is 0.342 e. The fourth-order valence-electron chi connectivity index (χ4n) is 3.12. The third kappa shape index (κ3) is 5.95. The second-order valence-electron chi connectivity index (χ2n) is 7.67. The summed E-state index contributed by atoms with van der Waals surface area (Å²) in [6, 6.07) is 16.4. The van der Waals surface area contributed by atoms with Gasteiger partial charge in [0.1, 0.15) is 0 Å². The molecule has 7 nitrogen and oxygen atoms in total. The summed E-state index contributed by atoms with van der Waals surface area (Å²) >= 11 is 1.31. The highest BCUT2D eigenvalue weighted by Crippen LogP contribution is 2.24. The van der Waals surface area contributed by atoms with Crippen molar-refractivity contribution in [2.24, 2.45) is 13.0 Å². The molecule has 2 aromatic carbocycles. The van der Waals surface area contributed by atoms with Crippen molar-refractivity contribution in [3.63, 3.8) is 0 Å². The maximum atomic E-state index is 12.6. The first-order chi connectivity index (χ1) is 14.8. The van der Waals surface area contributed by atoms with E-state index in [1.54, 1.807) is 12.1 Å². The monoisotopic (exact) mass is 437 g/mol. The maximum Gasteiger partial charge on any atom is 0.251 e. The van der Waals surface area contributed by atoms with E-state index in [0.29, 0.717) is 16.5 Å². The molecule has 8 heteroatoms. The Morgan fingerprint density at radius 3 is 2.48 bits per heavy atom. The fraction of sp³-hybridized carbons (Fsp3) is 0.304. The molecule has 0 bridgehead atoms. The molecule has 0 unspecified atom stereocenters. The van der Waals surface area contributed by atoms with Crippen LogP contribution in [0.2, 0.25) is 0 Å². The van der Waals surface area contributed by atoms with E-state index in [4.69, 9.17) is 0 Å². The molecule has 0 saturated carbocycles. The molecule has 1 atom stereocenters. The summed E-state index contributed by atoms with van der Waals surface area (Å²) in [5.74, 6) is 0.703. The average Bonchev–Trinajstić information content (AvgIpc) is 3.10. The second kappa shape index (κ2) is 10.3. The summed E-state index contributed by atoms with van der Waals surface area (Å²) in [6.45, 7) is 6.02. The van der Waals surface area contributed by atoms with Gasteiger partial charge in [0.25, 0.3) is 5.91 Å². The number of nitrogens with zero attached hydrogens (tertiary/aromatic N) is 3. The Kier molecular flexibility index (Phi) is 7.46. The van der Waals surface area contributed by atoms with Crippen LogP contribution in [0.4, 0.5) is 5.69 Å².